The fourth-order valence-corrected chi connectivity index (χ4v) is 1.77. The first-order chi connectivity index (χ1) is 8.02. The van der Waals surface area contributed by atoms with E-state index in [9.17, 15) is 9.59 Å². The molecule has 0 aromatic rings. The number of hydrogen-bond acceptors (Lipinski definition) is 2. The molecule has 0 rings (SSSR count). The highest BCUT2D eigenvalue weighted by Crippen LogP contribution is 2.20. The molecule has 99 valence electrons. The Morgan fingerprint density at radius 2 is 1.76 bits per heavy atom. The molecule has 0 aromatic heterocycles. The molecule has 0 aliphatic rings. The molecule has 0 saturated carbocycles. The van der Waals surface area contributed by atoms with E-state index in [4.69, 9.17) is 0 Å². The average Bonchev–Trinajstić information content (AvgIpc) is 2.29. The van der Waals surface area contributed by atoms with Gasteiger partial charge in [-0.15, -0.1) is 0 Å². The third-order valence-electron chi connectivity index (χ3n) is 3.61. The van der Waals surface area contributed by atoms with Crippen LogP contribution in [0.2, 0.25) is 0 Å². The second-order valence-electron chi connectivity index (χ2n) is 5.39. The number of rotatable bonds is 10. The summed E-state index contributed by atoms with van der Waals surface area (Å²) in [5.74, 6) is 0.782. The summed E-state index contributed by atoms with van der Waals surface area (Å²) in [6.07, 6.45) is 7.17. The monoisotopic (exact) mass is 239 g/mol. The second kappa shape index (κ2) is 9.38. The summed E-state index contributed by atoms with van der Waals surface area (Å²) in [5, 5.41) is 0. The lowest BCUT2D eigenvalue weighted by molar-refractivity contribution is -0.121. The van der Waals surface area contributed by atoms with Crippen LogP contribution in [0.25, 0.3) is 0 Å². The van der Waals surface area contributed by atoms with Gasteiger partial charge in [0.2, 0.25) is 6.29 Å². The van der Waals surface area contributed by atoms with Crippen molar-refractivity contribution in [1.29, 1.82) is 0 Å². The molecule has 2 heteroatoms. The van der Waals surface area contributed by atoms with Gasteiger partial charge in [0.25, 0.3) is 0 Å². The lowest BCUT2D eigenvalue weighted by Gasteiger charge is -2.16. The largest absolute Gasteiger partial charge is 0.299 e. The van der Waals surface area contributed by atoms with E-state index in [1.165, 1.54) is 0 Å². The van der Waals surface area contributed by atoms with Crippen molar-refractivity contribution in [2.75, 3.05) is 0 Å². The Kier molecular flexibility index (Phi) is 9.01. The van der Waals surface area contributed by atoms with Crippen molar-refractivity contribution in [2.45, 2.75) is 66.2 Å². The van der Waals surface area contributed by atoms with Crippen LogP contribution in [0.4, 0.5) is 0 Å². The standard InChI is InChI=1S/C15H27O2/c1-5-6-7-8-15(17)14(11-16)10-9-13(4)12(2)3/h12-14H,5-10H2,1-4H3. The number of unbranched alkanes of at least 4 members (excludes halogenated alkanes) is 2. The molecule has 0 heterocycles. The summed E-state index contributed by atoms with van der Waals surface area (Å²) >= 11 is 0. The first-order valence-electron chi connectivity index (χ1n) is 6.93. The van der Waals surface area contributed by atoms with Crippen LogP contribution in [-0.2, 0) is 9.59 Å². The van der Waals surface area contributed by atoms with Gasteiger partial charge in [0.15, 0.2) is 0 Å². The van der Waals surface area contributed by atoms with Gasteiger partial charge in [-0.05, 0) is 31.1 Å². The minimum absolute atomic E-state index is 0.0874. The summed E-state index contributed by atoms with van der Waals surface area (Å²) in [6.45, 7) is 8.63. The maximum absolute atomic E-state index is 11.8. The summed E-state index contributed by atoms with van der Waals surface area (Å²) in [7, 11) is 0. The summed E-state index contributed by atoms with van der Waals surface area (Å²) in [6, 6.07) is 0. The smallest absolute Gasteiger partial charge is 0.209 e. The maximum atomic E-state index is 11.8. The normalized spacial score (nSPS) is 14.6. The number of Topliss-reactive ketones (excluding diaryl/α,β-unsaturated/α-hetero) is 1. The summed E-state index contributed by atoms with van der Waals surface area (Å²) < 4.78 is 0. The van der Waals surface area contributed by atoms with Gasteiger partial charge in [0.05, 0.1) is 5.92 Å². The molecule has 0 saturated heterocycles. The molecule has 2 nitrogen and oxygen atoms in total. The molecule has 0 spiro atoms. The third kappa shape index (κ3) is 7.30. The van der Waals surface area contributed by atoms with E-state index in [1.54, 1.807) is 0 Å². The molecule has 0 aromatic carbocycles. The molecule has 2 unspecified atom stereocenters. The van der Waals surface area contributed by atoms with Crippen molar-refractivity contribution in [2.24, 2.45) is 17.8 Å². The number of hydrogen-bond donors (Lipinski definition) is 0. The minimum Gasteiger partial charge on any atom is -0.299 e. The molecule has 1 radical (unpaired) electrons. The van der Waals surface area contributed by atoms with Crippen molar-refractivity contribution in [1.82, 2.24) is 0 Å². The number of carbonyl (C=O) groups excluding carboxylic acids is 2. The van der Waals surface area contributed by atoms with Gasteiger partial charge in [0.1, 0.15) is 5.78 Å². The van der Waals surface area contributed by atoms with Crippen LogP contribution in [0.15, 0.2) is 0 Å². The van der Waals surface area contributed by atoms with Crippen LogP contribution in [0, 0.1) is 17.8 Å². The number of carbonyl (C=O) groups is 1. The highest BCUT2D eigenvalue weighted by molar-refractivity contribution is 5.93. The number of ketones is 1. The van der Waals surface area contributed by atoms with Crippen LogP contribution >= 0.6 is 0 Å². The van der Waals surface area contributed by atoms with Gasteiger partial charge in [-0.25, -0.2) is 0 Å². The molecule has 0 fully saturated rings. The van der Waals surface area contributed by atoms with Crippen molar-refractivity contribution in [3.63, 3.8) is 0 Å². The average molecular weight is 239 g/mol. The van der Waals surface area contributed by atoms with Gasteiger partial charge in [0, 0.05) is 6.42 Å². The van der Waals surface area contributed by atoms with Gasteiger partial charge in [-0.3, -0.25) is 9.59 Å². The van der Waals surface area contributed by atoms with Gasteiger partial charge in [-0.1, -0.05) is 40.5 Å². The Labute approximate surface area is 106 Å². The van der Waals surface area contributed by atoms with Crippen molar-refractivity contribution in [3.05, 3.63) is 0 Å². The quantitative estimate of drug-likeness (QED) is 0.427. The Balaban J connectivity index is 3.97. The fraction of sp³-hybridized carbons (Fsp3) is 0.867. The molecular formula is C15H27O2. The van der Waals surface area contributed by atoms with Gasteiger partial charge in [-0.2, -0.15) is 0 Å². The zero-order chi connectivity index (χ0) is 13.3. The zero-order valence-corrected chi connectivity index (χ0v) is 11.8. The predicted octanol–water partition coefficient (Wildman–Crippen LogP) is 3.93. The molecule has 0 aliphatic heterocycles. The van der Waals surface area contributed by atoms with E-state index in [-0.39, 0.29) is 5.78 Å². The zero-order valence-electron chi connectivity index (χ0n) is 11.8. The summed E-state index contributed by atoms with van der Waals surface area (Å²) in [4.78, 5) is 22.6. The van der Waals surface area contributed by atoms with E-state index < -0.39 is 5.92 Å². The van der Waals surface area contributed by atoms with Crippen LogP contribution in [-0.4, -0.2) is 12.1 Å². The van der Waals surface area contributed by atoms with E-state index >= 15 is 0 Å². The summed E-state index contributed by atoms with van der Waals surface area (Å²) in [5.41, 5.74) is 0. The molecule has 0 N–H and O–H groups in total. The highest BCUT2D eigenvalue weighted by atomic mass is 16.1. The molecular weight excluding hydrogens is 212 g/mol. The Morgan fingerprint density at radius 3 is 2.24 bits per heavy atom. The molecule has 2 atom stereocenters. The van der Waals surface area contributed by atoms with Crippen molar-refractivity contribution in [3.8, 4) is 0 Å². The lowest BCUT2D eigenvalue weighted by atomic mass is 9.87. The Hall–Kier alpha value is -0.660. The Bertz CT molecular complexity index is 221. The van der Waals surface area contributed by atoms with E-state index in [1.807, 2.05) is 6.29 Å². The first-order valence-corrected chi connectivity index (χ1v) is 6.93. The van der Waals surface area contributed by atoms with Crippen LogP contribution in [0.1, 0.15) is 66.2 Å². The molecule has 0 aliphatic carbocycles. The van der Waals surface area contributed by atoms with Crippen LogP contribution in [0.3, 0.4) is 0 Å². The van der Waals surface area contributed by atoms with E-state index in [2.05, 4.69) is 27.7 Å². The molecule has 0 amide bonds. The Morgan fingerprint density at radius 1 is 1.12 bits per heavy atom. The topological polar surface area (TPSA) is 34.1 Å². The maximum Gasteiger partial charge on any atom is 0.209 e. The van der Waals surface area contributed by atoms with E-state index in [0.29, 0.717) is 24.7 Å². The molecule has 17 heavy (non-hydrogen) atoms. The first kappa shape index (κ1) is 16.3. The van der Waals surface area contributed by atoms with E-state index in [0.717, 1.165) is 25.7 Å². The van der Waals surface area contributed by atoms with Gasteiger partial charge < -0.3 is 0 Å². The second-order valence-corrected chi connectivity index (χ2v) is 5.39. The van der Waals surface area contributed by atoms with Crippen LogP contribution < -0.4 is 0 Å². The van der Waals surface area contributed by atoms with Gasteiger partial charge >= 0.3 is 0 Å². The minimum atomic E-state index is -0.479. The van der Waals surface area contributed by atoms with Crippen LogP contribution in [0.5, 0.6) is 0 Å². The predicted molar refractivity (Wildman–Crippen MR) is 71.6 cm³/mol. The molecule has 0 bridgehead atoms. The third-order valence-corrected chi connectivity index (χ3v) is 3.61. The van der Waals surface area contributed by atoms with Crippen molar-refractivity contribution >= 4 is 12.1 Å². The van der Waals surface area contributed by atoms with Crippen molar-refractivity contribution < 1.29 is 9.59 Å². The highest BCUT2D eigenvalue weighted by Gasteiger charge is 2.19. The SMILES string of the molecule is CCCCCC(=O)C([C]=O)CCC(C)C(C)C. The fourth-order valence-electron chi connectivity index (χ4n) is 1.77. The lowest BCUT2D eigenvalue weighted by Crippen LogP contribution is -2.17.